The summed E-state index contributed by atoms with van der Waals surface area (Å²) in [4.78, 5) is 19.7. The topological polar surface area (TPSA) is 66.2 Å². The second kappa shape index (κ2) is 8.36. The van der Waals surface area contributed by atoms with Crippen LogP contribution in [0, 0.1) is 5.92 Å². The third kappa shape index (κ3) is 3.70. The highest BCUT2D eigenvalue weighted by Crippen LogP contribution is 2.42. The molecular formula is C23H24ClN3O3. The van der Waals surface area contributed by atoms with E-state index in [4.69, 9.17) is 21.1 Å². The van der Waals surface area contributed by atoms with Crippen LogP contribution in [0.1, 0.15) is 38.1 Å². The summed E-state index contributed by atoms with van der Waals surface area (Å²) >= 11 is 6.48. The van der Waals surface area contributed by atoms with E-state index < -0.39 is 0 Å². The van der Waals surface area contributed by atoms with Crippen molar-refractivity contribution < 1.29 is 14.3 Å². The smallest absolute Gasteiger partial charge is 0.145 e. The van der Waals surface area contributed by atoms with Crippen LogP contribution in [-0.2, 0) is 9.53 Å². The van der Waals surface area contributed by atoms with Gasteiger partial charge in [-0.3, -0.25) is 0 Å². The summed E-state index contributed by atoms with van der Waals surface area (Å²) in [5.74, 6) is 0.937. The molecule has 0 bridgehead atoms. The Morgan fingerprint density at radius 3 is 2.97 bits per heavy atom. The highest BCUT2D eigenvalue weighted by molar-refractivity contribution is 6.35. The lowest BCUT2D eigenvalue weighted by molar-refractivity contribution is -0.114. The van der Waals surface area contributed by atoms with Crippen molar-refractivity contribution in [3.05, 3.63) is 41.9 Å². The number of ether oxygens (including phenoxy) is 2. The van der Waals surface area contributed by atoms with Gasteiger partial charge in [0.1, 0.15) is 35.8 Å². The van der Waals surface area contributed by atoms with Crippen molar-refractivity contribution >= 4 is 28.9 Å². The standard InChI is InChI=1S/C23H24ClN3O3/c24-22-21-20(11-27(23(21)26-14-25-22)17-8-15(9-17)12-28)16-4-3-6-18(10-16)30-13-19-5-1-2-7-29-19/h3-4,6,10-12,14-15,17,19H,1-2,5,7-9,13H2. The number of fused-ring (bicyclic) bond motifs is 1. The Bertz CT molecular complexity index is 1060. The molecule has 156 valence electrons. The molecule has 3 aromatic rings. The van der Waals surface area contributed by atoms with Crippen LogP contribution in [0.15, 0.2) is 36.8 Å². The molecule has 1 aliphatic carbocycles. The number of halogens is 1. The Hall–Kier alpha value is -2.44. The minimum absolute atomic E-state index is 0.131. The van der Waals surface area contributed by atoms with E-state index in [2.05, 4.69) is 20.7 Å². The van der Waals surface area contributed by atoms with Crippen LogP contribution >= 0.6 is 11.6 Å². The van der Waals surface area contributed by atoms with Crippen LogP contribution in [0.2, 0.25) is 5.15 Å². The van der Waals surface area contributed by atoms with Gasteiger partial charge in [0.05, 0.1) is 11.5 Å². The van der Waals surface area contributed by atoms with Crippen molar-refractivity contribution in [2.45, 2.75) is 44.2 Å². The van der Waals surface area contributed by atoms with Gasteiger partial charge in [0.2, 0.25) is 0 Å². The summed E-state index contributed by atoms with van der Waals surface area (Å²) < 4.78 is 13.9. The second-order valence-electron chi connectivity index (χ2n) is 8.16. The van der Waals surface area contributed by atoms with E-state index in [0.29, 0.717) is 11.8 Å². The molecule has 1 saturated heterocycles. The first-order valence-corrected chi connectivity index (χ1v) is 10.9. The zero-order valence-corrected chi connectivity index (χ0v) is 17.4. The number of carbonyl (C=O) groups excluding carboxylic acids is 1. The van der Waals surface area contributed by atoms with Crippen LogP contribution in [-0.4, -0.2) is 40.1 Å². The first-order valence-electron chi connectivity index (χ1n) is 10.5. The van der Waals surface area contributed by atoms with Crippen LogP contribution in [0.25, 0.3) is 22.2 Å². The Labute approximate surface area is 180 Å². The first-order chi connectivity index (χ1) is 14.7. The van der Waals surface area contributed by atoms with Crippen molar-refractivity contribution in [3.8, 4) is 16.9 Å². The fraction of sp³-hybridized carbons (Fsp3) is 0.435. The van der Waals surface area contributed by atoms with Gasteiger partial charge < -0.3 is 18.8 Å². The predicted octanol–water partition coefficient (Wildman–Crippen LogP) is 4.85. The average molecular weight is 426 g/mol. The van der Waals surface area contributed by atoms with Gasteiger partial charge in [-0.2, -0.15) is 0 Å². The van der Waals surface area contributed by atoms with E-state index >= 15 is 0 Å². The lowest BCUT2D eigenvalue weighted by Crippen LogP contribution is -2.27. The monoisotopic (exact) mass is 425 g/mol. The summed E-state index contributed by atoms with van der Waals surface area (Å²) in [5.41, 5.74) is 2.79. The Balaban J connectivity index is 1.45. The summed E-state index contributed by atoms with van der Waals surface area (Å²) in [6.45, 7) is 1.38. The Kier molecular flexibility index (Phi) is 5.44. The molecule has 0 spiro atoms. The maximum absolute atomic E-state index is 11.0. The molecule has 2 aliphatic rings. The molecule has 7 heteroatoms. The molecule has 2 fully saturated rings. The van der Waals surface area contributed by atoms with Gasteiger partial charge in [0, 0.05) is 30.3 Å². The third-order valence-electron chi connectivity index (χ3n) is 6.15. The number of nitrogens with zero attached hydrogens (tertiary/aromatic N) is 3. The maximum atomic E-state index is 11.0. The zero-order valence-electron chi connectivity index (χ0n) is 16.7. The van der Waals surface area contributed by atoms with Gasteiger partial charge in [-0.05, 0) is 49.8 Å². The normalized spacial score (nSPS) is 23.8. The minimum atomic E-state index is 0.131. The van der Waals surface area contributed by atoms with Crippen LogP contribution in [0.5, 0.6) is 5.75 Å². The summed E-state index contributed by atoms with van der Waals surface area (Å²) in [6, 6.07) is 8.27. The van der Waals surface area contributed by atoms with Crippen LogP contribution in [0.3, 0.4) is 0 Å². The fourth-order valence-corrected chi connectivity index (χ4v) is 4.62. The number of aldehydes is 1. The third-order valence-corrected chi connectivity index (χ3v) is 6.44. The van der Waals surface area contributed by atoms with Crippen molar-refractivity contribution in [1.82, 2.24) is 14.5 Å². The van der Waals surface area contributed by atoms with E-state index in [1.807, 2.05) is 24.3 Å². The molecule has 1 aromatic carbocycles. The van der Waals surface area contributed by atoms with Gasteiger partial charge in [0.15, 0.2) is 0 Å². The molecule has 1 aliphatic heterocycles. The van der Waals surface area contributed by atoms with Gasteiger partial charge >= 0.3 is 0 Å². The van der Waals surface area contributed by atoms with Gasteiger partial charge in [-0.25, -0.2) is 9.97 Å². The SMILES string of the molecule is O=CC1CC(n2cc(-c3cccc(OCC4CCCCO4)c3)c3c(Cl)ncnc32)C1. The van der Waals surface area contributed by atoms with Gasteiger partial charge in [-0.1, -0.05) is 23.7 Å². The molecule has 2 aromatic heterocycles. The number of carbonyl (C=O) groups is 1. The molecule has 1 unspecified atom stereocenters. The predicted molar refractivity (Wildman–Crippen MR) is 115 cm³/mol. The lowest BCUT2D eigenvalue weighted by Gasteiger charge is -2.33. The zero-order chi connectivity index (χ0) is 20.5. The van der Waals surface area contributed by atoms with Crippen LogP contribution < -0.4 is 4.74 Å². The summed E-state index contributed by atoms with van der Waals surface area (Å²) in [6.07, 6.45) is 9.82. The highest BCUT2D eigenvalue weighted by Gasteiger charge is 2.32. The summed E-state index contributed by atoms with van der Waals surface area (Å²) in [5, 5.41) is 1.27. The first kappa shape index (κ1) is 19.5. The largest absolute Gasteiger partial charge is 0.491 e. The lowest BCUT2D eigenvalue weighted by atomic mass is 9.81. The highest BCUT2D eigenvalue weighted by atomic mass is 35.5. The number of aromatic nitrogens is 3. The van der Waals surface area contributed by atoms with Crippen molar-refractivity contribution in [1.29, 1.82) is 0 Å². The van der Waals surface area contributed by atoms with Crippen molar-refractivity contribution in [3.63, 3.8) is 0 Å². The number of hydrogen-bond donors (Lipinski definition) is 0. The molecular weight excluding hydrogens is 402 g/mol. The molecule has 3 heterocycles. The second-order valence-corrected chi connectivity index (χ2v) is 8.52. The Morgan fingerprint density at radius 1 is 1.27 bits per heavy atom. The van der Waals surface area contributed by atoms with E-state index in [0.717, 1.165) is 66.5 Å². The molecule has 30 heavy (non-hydrogen) atoms. The van der Waals surface area contributed by atoms with E-state index in [1.165, 1.54) is 12.7 Å². The molecule has 5 rings (SSSR count). The van der Waals surface area contributed by atoms with Crippen molar-refractivity contribution in [2.75, 3.05) is 13.2 Å². The van der Waals surface area contributed by atoms with Crippen molar-refractivity contribution in [2.24, 2.45) is 5.92 Å². The fourth-order valence-electron chi connectivity index (χ4n) is 4.39. The quantitative estimate of drug-likeness (QED) is 0.417. The van der Waals surface area contributed by atoms with E-state index in [1.54, 1.807) is 0 Å². The van der Waals surface area contributed by atoms with Gasteiger partial charge in [-0.15, -0.1) is 0 Å². The molecule has 1 saturated carbocycles. The van der Waals surface area contributed by atoms with E-state index in [9.17, 15) is 4.79 Å². The maximum Gasteiger partial charge on any atom is 0.145 e. The van der Waals surface area contributed by atoms with Gasteiger partial charge in [0.25, 0.3) is 0 Å². The number of rotatable bonds is 6. The molecule has 1 atom stereocenters. The molecule has 0 radical (unpaired) electrons. The molecule has 6 nitrogen and oxygen atoms in total. The van der Waals surface area contributed by atoms with E-state index in [-0.39, 0.29) is 18.1 Å². The molecule has 0 amide bonds. The number of benzene rings is 1. The minimum Gasteiger partial charge on any atom is -0.491 e. The van der Waals surface area contributed by atoms with Crippen LogP contribution in [0.4, 0.5) is 0 Å². The molecule has 0 N–H and O–H groups in total. The summed E-state index contributed by atoms with van der Waals surface area (Å²) in [7, 11) is 0. The Morgan fingerprint density at radius 2 is 2.17 bits per heavy atom. The average Bonchev–Trinajstić information content (AvgIpc) is 3.13. The number of hydrogen-bond acceptors (Lipinski definition) is 5.